The van der Waals surface area contributed by atoms with Crippen molar-refractivity contribution < 1.29 is 4.79 Å². The number of rotatable bonds is 9. The van der Waals surface area contributed by atoms with Gasteiger partial charge in [0.25, 0.3) is 5.91 Å². The summed E-state index contributed by atoms with van der Waals surface area (Å²) in [5.74, 6) is 1.03. The fraction of sp³-hybridized carbons (Fsp3) is 0.440. The highest BCUT2D eigenvalue weighted by atomic mass is 32.2. The first-order valence-corrected chi connectivity index (χ1v) is 13.9. The second-order valence-corrected chi connectivity index (χ2v) is 10.6. The van der Waals surface area contributed by atoms with Crippen molar-refractivity contribution in [2.45, 2.75) is 63.2 Å². The molecule has 1 aliphatic rings. The zero-order valence-electron chi connectivity index (χ0n) is 19.7. The third-order valence-electron chi connectivity index (χ3n) is 6.48. The Morgan fingerprint density at radius 2 is 2.00 bits per heavy atom. The molecule has 7 nitrogen and oxygen atoms in total. The summed E-state index contributed by atoms with van der Waals surface area (Å²) < 4.78 is 4.34. The molecule has 4 aromatic rings. The summed E-state index contributed by atoms with van der Waals surface area (Å²) in [6.07, 6.45) is 8.71. The lowest BCUT2D eigenvalue weighted by atomic mass is 10.2. The smallest absolute Gasteiger partial charge is 0.261 e. The van der Waals surface area contributed by atoms with Crippen LogP contribution in [0.2, 0.25) is 0 Å². The predicted octanol–water partition coefficient (Wildman–Crippen LogP) is 5.25. The third-order valence-corrected chi connectivity index (χ3v) is 8.27. The summed E-state index contributed by atoms with van der Waals surface area (Å²) in [6.45, 7) is 3.32. The largest absolute Gasteiger partial charge is 0.351 e. The van der Waals surface area contributed by atoms with Crippen molar-refractivity contribution in [1.29, 1.82) is 0 Å². The average Bonchev–Trinajstić information content (AvgIpc) is 3.63. The maximum Gasteiger partial charge on any atom is 0.261 e. The van der Waals surface area contributed by atoms with Crippen LogP contribution in [0.1, 0.15) is 64.9 Å². The first-order chi connectivity index (χ1) is 16.6. The molecule has 3 heterocycles. The number of hydrogen-bond donors (Lipinski definition) is 1. The molecule has 1 N–H and O–H groups in total. The molecule has 1 aliphatic carbocycles. The molecule has 178 valence electrons. The number of thioether (sulfide) groups is 1. The summed E-state index contributed by atoms with van der Waals surface area (Å²) in [7, 11) is 0. The van der Waals surface area contributed by atoms with Crippen molar-refractivity contribution >= 4 is 39.2 Å². The van der Waals surface area contributed by atoms with E-state index in [0.29, 0.717) is 19.1 Å². The fourth-order valence-electron chi connectivity index (χ4n) is 4.77. The van der Waals surface area contributed by atoms with Crippen LogP contribution in [0.15, 0.2) is 41.6 Å². The Balaban J connectivity index is 1.21. The molecule has 1 aromatic carbocycles. The van der Waals surface area contributed by atoms with E-state index < -0.39 is 0 Å². The molecule has 9 heteroatoms. The lowest BCUT2D eigenvalue weighted by Crippen LogP contribution is -2.24. The SMILES string of the molecule is CSc1nnc(CCCNC(=O)c2cc3c(C)nn(Cc4ccccc4)c3s2)n1C1CCCC1. The predicted molar refractivity (Wildman–Crippen MR) is 138 cm³/mol. The van der Waals surface area contributed by atoms with Gasteiger partial charge in [-0.25, -0.2) is 0 Å². The van der Waals surface area contributed by atoms with Crippen molar-refractivity contribution in [3.8, 4) is 0 Å². The molecule has 1 fully saturated rings. The molecule has 0 atom stereocenters. The van der Waals surface area contributed by atoms with Crippen molar-refractivity contribution in [2.75, 3.05) is 12.8 Å². The number of nitrogens with one attached hydrogen (secondary N) is 1. The van der Waals surface area contributed by atoms with Crippen molar-refractivity contribution in [2.24, 2.45) is 0 Å². The summed E-state index contributed by atoms with van der Waals surface area (Å²) in [4.78, 5) is 14.6. The van der Waals surface area contributed by atoms with Gasteiger partial charge in [-0.1, -0.05) is 54.9 Å². The number of aryl methyl sites for hydroxylation is 2. The van der Waals surface area contributed by atoms with Gasteiger partial charge in [0.2, 0.25) is 0 Å². The Hall–Kier alpha value is -2.65. The van der Waals surface area contributed by atoms with Crippen LogP contribution in [0.25, 0.3) is 10.2 Å². The van der Waals surface area contributed by atoms with E-state index in [1.807, 2.05) is 35.9 Å². The number of carbonyl (C=O) groups is 1. The van der Waals surface area contributed by atoms with Gasteiger partial charge in [0, 0.05) is 24.4 Å². The van der Waals surface area contributed by atoms with Gasteiger partial charge >= 0.3 is 0 Å². The molecule has 3 aromatic heterocycles. The Morgan fingerprint density at radius 1 is 1.21 bits per heavy atom. The van der Waals surface area contributed by atoms with E-state index in [4.69, 9.17) is 0 Å². The molecular weight excluding hydrogens is 464 g/mol. The van der Waals surface area contributed by atoms with Gasteiger partial charge in [0.05, 0.1) is 17.1 Å². The molecule has 0 saturated heterocycles. The van der Waals surface area contributed by atoms with Gasteiger partial charge < -0.3 is 9.88 Å². The molecule has 34 heavy (non-hydrogen) atoms. The highest BCUT2D eigenvalue weighted by Gasteiger charge is 2.23. The number of benzene rings is 1. The maximum atomic E-state index is 12.9. The number of aromatic nitrogens is 5. The van der Waals surface area contributed by atoms with E-state index in [-0.39, 0.29) is 5.91 Å². The van der Waals surface area contributed by atoms with Gasteiger partial charge in [-0.2, -0.15) is 5.10 Å². The molecule has 5 rings (SSSR count). The molecule has 0 aliphatic heterocycles. The van der Waals surface area contributed by atoms with Crippen molar-refractivity contribution in [1.82, 2.24) is 29.9 Å². The standard InChI is InChI=1S/C25H30N6OS2/c1-17-20-15-21(34-24(20)30(29-17)16-18-9-4-3-5-10-18)23(32)26-14-8-13-22-27-28-25(33-2)31(22)19-11-6-7-12-19/h3-5,9-10,15,19H,6-8,11-14,16H2,1-2H3,(H,26,32). The molecule has 0 spiro atoms. The lowest BCUT2D eigenvalue weighted by molar-refractivity contribution is 0.0957. The van der Waals surface area contributed by atoms with Crippen LogP contribution >= 0.6 is 23.1 Å². The van der Waals surface area contributed by atoms with Gasteiger partial charge in [-0.05, 0) is 44.1 Å². The Kier molecular flexibility index (Phi) is 7.01. The monoisotopic (exact) mass is 494 g/mol. The van der Waals surface area contributed by atoms with Crippen LogP contribution in [0.5, 0.6) is 0 Å². The van der Waals surface area contributed by atoms with E-state index >= 15 is 0 Å². The minimum absolute atomic E-state index is 0.0195. The van der Waals surface area contributed by atoms with Crippen LogP contribution < -0.4 is 5.32 Å². The number of thiophene rings is 1. The minimum Gasteiger partial charge on any atom is -0.351 e. The molecule has 0 bridgehead atoms. The van der Waals surface area contributed by atoms with Gasteiger partial charge in [0.15, 0.2) is 5.16 Å². The molecule has 0 radical (unpaired) electrons. The summed E-state index contributed by atoms with van der Waals surface area (Å²) in [6, 6.07) is 12.8. The second-order valence-electron chi connectivity index (χ2n) is 8.83. The van der Waals surface area contributed by atoms with E-state index in [2.05, 4.69) is 43.6 Å². The molecule has 1 amide bonds. The molecular formula is C25H30N6OS2. The summed E-state index contributed by atoms with van der Waals surface area (Å²) >= 11 is 3.18. The average molecular weight is 495 g/mol. The normalized spacial score (nSPS) is 14.3. The quantitative estimate of drug-likeness (QED) is 0.254. The maximum absolute atomic E-state index is 12.9. The zero-order chi connectivity index (χ0) is 23.5. The third kappa shape index (κ3) is 4.77. The highest BCUT2D eigenvalue weighted by molar-refractivity contribution is 7.98. The van der Waals surface area contributed by atoms with Crippen LogP contribution in [-0.2, 0) is 13.0 Å². The lowest BCUT2D eigenvalue weighted by Gasteiger charge is -2.16. The Morgan fingerprint density at radius 3 is 2.76 bits per heavy atom. The van der Waals surface area contributed by atoms with Gasteiger partial charge in [-0.15, -0.1) is 21.5 Å². The van der Waals surface area contributed by atoms with Crippen molar-refractivity contribution in [3.05, 3.63) is 58.4 Å². The Labute approximate surface area is 208 Å². The number of amides is 1. The number of nitrogens with zero attached hydrogens (tertiary/aromatic N) is 5. The van der Waals surface area contributed by atoms with Crippen LogP contribution in [0.4, 0.5) is 0 Å². The second kappa shape index (κ2) is 10.3. The highest BCUT2D eigenvalue weighted by Crippen LogP contribution is 2.33. The first kappa shape index (κ1) is 23.1. The Bertz CT molecular complexity index is 1270. The van der Waals surface area contributed by atoms with E-state index in [9.17, 15) is 4.79 Å². The van der Waals surface area contributed by atoms with Crippen LogP contribution in [-0.4, -0.2) is 43.3 Å². The molecule has 1 saturated carbocycles. The van der Waals surface area contributed by atoms with Gasteiger partial charge in [-0.3, -0.25) is 9.48 Å². The van der Waals surface area contributed by atoms with Crippen LogP contribution in [0, 0.1) is 6.92 Å². The van der Waals surface area contributed by atoms with Crippen molar-refractivity contribution in [3.63, 3.8) is 0 Å². The van der Waals surface area contributed by atoms with Crippen LogP contribution in [0.3, 0.4) is 0 Å². The topological polar surface area (TPSA) is 77.6 Å². The summed E-state index contributed by atoms with van der Waals surface area (Å²) in [5.41, 5.74) is 2.15. The minimum atomic E-state index is -0.0195. The number of hydrogen-bond acceptors (Lipinski definition) is 6. The summed E-state index contributed by atoms with van der Waals surface area (Å²) in [5, 5.41) is 18.7. The number of carbonyl (C=O) groups excluding carboxylic acids is 1. The van der Waals surface area contributed by atoms with E-state index in [1.165, 1.54) is 42.6 Å². The fourth-order valence-corrected chi connectivity index (χ4v) is 6.42. The van der Waals surface area contributed by atoms with Gasteiger partial charge in [0.1, 0.15) is 10.7 Å². The zero-order valence-corrected chi connectivity index (χ0v) is 21.3. The van der Waals surface area contributed by atoms with E-state index in [0.717, 1.165) is 44.6 Å². The first-order valence-electron chi connectivity index (χ1n) is 11.9. The molecule has 0 unspecified atom stereocenters. The number of fused-ring (bicyclic) bond motifs is 1. The van der Waals surface area contributed by atoms with E-state index in [1.54, 1.807) is 11.8 Å².